The van der Waals surface area contributed by atoms with Gasteiger partial charge in [-0.1, -0.05) is 28.1 Å². The molecule has 5 heteroatoms. The Morgan fingerprint density at radius 3 is 3.05 bits per heavy atom. The molecule has 0 bridgehead atoms. The van der Waals surface area contributed by atoms with E-state index in [-0.39, 0.29) is 5.91 Å². The van der Waals surface area contributed by atoms with Crippen LogP contribution in [0.2, 0.25) is 0 Å². The summed E-state index contributed by atoms with van der Waals surface area (Å²) < 4.78 is 0.970. The van der Waals surface area contributed by atoms with Gasteiger partial charge in [0.2, 0.25) is 5.91 Å². The van der Waals surface area contributed by atoms with Crippen LogP contribution in [0.4, 0.5) is 5.69 Å². The summed E-state index contributed by atoms with van der Waals surface area (Å²) in [6.07, 6.45) is 2.30. The Morgan fingerprint density at radius 1 is 1.38 bits per heavy atom. The van der Waals surface area contributed by atoms with Crippen LogP contribution in [0.5, 0.6) is 0 Å². The summed E-state index contributed by atoms with van der Waals surface area (Å²) in [6, 6.07) is 12.3. The average molecular weight is 365 g/mol. The zero-order valence-electron chi connectivity index (χ0n) is 11.6. The lowest BCUT2D eigenvalue weighted by Gasteiger charge is -2.22. The molecule has 2 heterocycles. The molecule has 21 heavy (non-hydrogen) atoms. The maximum atomic E-state index is 12.2. The van der Waals surface area contributed by atoms with E-state index < -0.39 is 0 Å². The van der Waals surface area contributed by atoms with Gasteiger partial charge in [0.1, 0.15) is 0 Å². The minimum atomic E-state index is 0.0524. The number of nitrogens with one attached hydrogen (secondary N) is 1. The minimum Gasteiger partial charge on any atom is -0.325 e. The third-order valence-electron chi connectivity index (χ3n) is 3.69. The van der Waals surface area contributed by atoms with Crippen molar-refractivity contribution in [1.82, 2.24) is 4.90 Å². The molecule has 1 N–H and O–H groups in total. The lowest BCUT2D eigenvalue weighted by Crippen LogP contribution is -2.32. The lowest BCUT2D eigenvalue weighted by atomic mass is 10.2. The van der Waals surface area contributed by atoms with Gasteiger partial charge in [-0.15, -0.1) is 11.3 Å². The lowest BCUT2D eigenvalue weighted by molar-refractivity contribution is -0.117. The Hall–Kier alpha value is -1.17. The van der Waals surface area contributed by atoms with E-state index in [1.54, 1.807) is 11.3 Å². The number of anilines is 1. The molecule has 1 aromatic carbocycles. The molecule has 1 aliphatic rings. The standard InChI is InChI=1S/C16H17BrN2OS/c17-12-4-1-5-13(10-12)18-16(20)11-19-8-2-6-14(19)15-7-3-9-21-15/h1,3-5,7,9-10,14H,2,6,8,11H2,(H,18,20)/t14-/m1/s1. The second-order valence-electron chi connectivity index (χ2n) is 5.20. The molecule has 110 valence electrons. The quantitative estimate of drug-likeness (QED) is 0.877. The fourth-order valence-corrected chi connectivity index (χ4v) is 4.06. The van der Waals surface area contributed by atoms with E-state index >= 15 is 0 Å². The molecule has 0 saturated carbocycles. The van der Waals surface area contributed by atoms with Crippen LogP contribution in [0.15, 0.2) is 46.3 Å². The van der Waals surface area contributed by atoms with Crippen LogP contribution in [0.3, 0.4) is 0 Å². The number of amides is 1. The molecule has 1 saturated heterocycles. The predicted molar refractivity (Wildman–Crippen MR) is 90.6 cm³/mol. The maximum Gasteiger partial charge on any atom is 0.238 e. The summed E-state index contributed by atoms with van der Waals surface area (Å²) in [7, 11) is 0. The molecule has 1 fully saturated rings. The molecule has 3 nitrogen and oxygen atoms in total. The van der Waals surface area contributed by atoms with E-state index in [1.807, 2.05) is 24.3 Å². The van der Waals surface area contributed by atoms with Crippen LogP contribution < -0.4 is 5.32 Å². The number of hydrogen-bond acceptors (Lipinski definition) is 3. The highest BCUT2D eigenvalue weighted by molar-refractivity contribution is 9.10. The van der Waals surface area contributed by atoms with Crippen molar-refractivity contribution in [3.8, 4) is 0 Å². The van der Waals surface area contributed by atoms with Gasteiger partial charge >= 0.3 is 0 Å². The summed E-state index contributed by atoms with van der Waals surface area (Å²) in [5, 5.41) is 5.07. The summed E-state index contributed by atoms with van der Waals surface area (Å²) in [4.78, 5) is 15.9. The molecule has 1 aliphatic heterocycles. The highest BCUT2D eigenvalue weighted by Crippen LogP contribution is 2.34. The first kappa shape index (κ1) is 14.8. The number of likely N-dealkylation sites (tertiary alicyclic amines) is 1. The Kier molecular flexibility index (Phi) is 4.73. The first-order valence-electron chi connectivity index (χ1n) is 7.05. The summed E-state index contributed by atoms with van der Waals surface area (Å²) in [6.45, 7) is 1.45. The van der Waals surface area contributed by atoms with Crippen LogP contribution in [0, 0.1) is 0 Å². The minimum absolute atomic E-state index is 0.0524. The molecule has 1 aromatic heterocycles. The molecule has 0 unspecified atom stereocenters. The van der Waals surface area contributed by atoms with Crippen molar-refractivity contribution in [3.63, 3.8) is 0 Å². The topological polar surface area (TPSA) is 32.3 Å². The number of carbonyl (C=O) groups is 1. The van der Waals surface area contributed by atoms with Crippen LogP contribution in [0.25, 0.3) is 0 Å². The van der Waals surface area contributed by atoms with Crippen molar-refractivity contribution in [2.45, 2.75) is 18.9 Å². The molecule has 0 radical (unpaired) electrons. The second-order valence-corrected chi connectivity index (χ2v) is 7.10. The third-order valence-corrected chi connectivity index (χ3v) is 5.16. The molecule has 0 aliphatic carbocycles. The van der Waals surface area contributed by atoms with Gasteiger partial charge in [-0.05, 0) is 49.0 Å². The van der Waals surface area contributed by atoms with Crippen molar-refractivity contribution in [2.24, 2.45) is 0 Å². The number of rotatable bonds is 4. The van der Waals surface area contributed by atoms with Gasteiger partial charge in [-0.2, -0.15) is 0 Å². The monoisotopic (exact) mass is 364 g/mol. The van der Waals surface area contributed by atoms with Crippen molar-refractivity contribution in [3.05, 3.63) is 51.1 Å². The zero-order valence-corrected chi connectivity index (χ0v) is 14.0. The van der Waals surface area contributed by atoms with Crippen molar-refractivity contribution in [1.29, 1.82) is 0 Å². The SMILES string of the molecule is O=C(CN1CCC[C@@H]1c1cccs1)Nc1cccc(Br)c1. The highest BCUT2D eigenvalue weighted by Gasteiger charge is 2.28. The number of benzene rings is 1. The molecule has 1 amide bonds. The van der Waals surface area contributed by atoms with Crippen LogP contribution in [-0.4, -0.2) is 23.9 Å². The number of nitrogens with zero attached hydrogens (tertiary/aromatic N) is 1. The van der Waals surface area contributed by atoms with Gasteiger partial charge in [0.25, 0.3) is 0 Å². The van der Waals surface area contributed by atoms with Gasteiger partial charge in [-0.25, -0.2) is 0 Å². The normalized spacial score (nSPS) is 18.8. The Balaban J connectivity index is 1.62. The van der Waals surface area contributed by atoms with E-state index in [1.165, 1.54) is 4.88 Å². The summed E-state index contributed by atoms with van der Waals surface area (Å²) >= 11 is 5.19. The number of carbonyl (C=O) groups excluding carboxylic acids is 1. The van der Waals surface area contributed by atoms with E-state index in [9.17, 15) is 4.79 Å². The molecule has 3 rings (SSSR count). The van der Waals surface area contributed by atoms with Gasteiger partial charge in [0.15, 0.2) is 0 Å². The predicted octanol–water partition coefficient (Wildman–Crippen LogP) is 4.29. The molecular weight excluding hydrogens is 348 g/mol. The zero-order chi connectivity index (χ0) is 14.7. The van der Waals surface area contributed by atoms with Crippen molar-refractivity contribution in [2.75, 3.05) is 18.4 Å². The fraction of sp³-hybridized carbons (Fsp3) is 0.312. The summed E-state index contributed by atoms with van der Waals surface area (Å²) in [5.41, 5.74) is 0.834. The smallest absolute Gasteiger partial charge is 0.238 e. The van der Waals surface area contributed by atoms with E-state index in [2.05, 4.69) is 43.7 Å². The second kappa shape index (κ2) is 6.73. The van der Waals surface area contributed by atoms with Gasteiger partial charge in [0, 0.05) is 21.1 Å². The number of hydrogen-bond donors (Lipinski definition) is 1. The first-order valence-corrected chi connectivity index (χ1v) is 8.72. The van der Waals surface area contributed by atoms with E-state index in [4.69, 9.17) is 0 Å². The van der Waals surface area contributed by atoms with Gasteiger partial charge < -0.3 is 5.32 Å². The average Bonchev–Trinajstić information content (AvgIpc) is 3.08. The Labute approximate surface area is 137 Å². The molecule has 1 atom stereocenters. The van der Waals surface area contributed by atoms with Gasteiger partial charge in [0.05, 0.1) is 6.54 Å². The first-order chi connectivity index (χ1) is 10.2. The maximum absolute atomic E-state index is 12.2. The number of halogens is 1. The summed E-state index contributed by atoms with van der Waals surface area (Å²) in [5.74, 6) is 0.0524. The van der Waals surface area contributed by atoms with E-state index in [0.29, 0.717) is 12.6 Å². The molecular formula is C16H17BrN2OS. The largest absolute Gasteiger partial charge is 0.325 e. The molecule has 0 spiro atoms. The van der Waals surface area contributed by atoms with Crippen molar-refractivity contribution >= 4 is 38.9 Å². The fourth-order valence-electron chi connectivity index (χ4n) is 2.77. The Morgan fingerprint density at radius 2 is 2.29 bits per heavy atom. The van der Waals surface area contributed by atoms with Crippen LogP contribution >= 0.6 is 27.3 Å². The third kappa shape index (κ3) is 3.73. The van der Waals surface area contributed by atoms with Crippen LogP contribution in [0.1, 0.15) is 23.8 Å². The Bertz CT molecular complexity index is 614. The number of thiophene rings is 1. The molecule has 2 aromatic rings. The van der Waals surface area contributed by atoms with Gasteiger partial charge in [-0.3, -0.25) is 9.69 Å². The van der Waals surface area contributed by atoms with E-state index in [0.717, 1.165) is 29.5 Å². The van der Waals surface area contributed by atoms with Crippen molar-refractivity contribution < 1.29 is 4.79 Å². The van der Waals surface area contributed by atoms with Crippen LogP contribution in [-0.2, 0) is 4.79 Å². The highest BCUT2D eigenvalue weighted by atomic mass is 79.9.